The fraction of sp³-hybridized carbons (Fsp3) is 0.231. The quantitative estimate of drug-likeness (QED) is 0.847. The van der Waals surface area contributed by atoms with Crippen LogP contribution in [0.3, 0.4) is 0 Å². The molecule has 2 N–H and O–H groups in total. The Kier molecular flexibility index (Phi) is 3.23. The molecule has 0 saturated carbocycles. The topological polar surface area (TPSA) is 66.0 Å². The van der Waals surface area contributed by atoms with Crippen LogP contribution in [0.5, 0.6) is 0 Å². The van der Waals surface area contributed by atoms with Crippen molar-refractivity contribution < 1.29 is 9.90 Å². The number of imidazole rings is 1. The molecule has 0 amide bonds. The normalized spacial score (nSPS) is 10.4. The molecule has 1 heterocycles. The lowest BCUT2D eigenvalue weighted by Gasteiger charge is -2.06. The third-order valence-corrected chi connectivity index (χ3v) is 2.71. The van der Waals surface area contributed by atoms with Gasteiger partial charge in [-0.3, -0.25) is 4.79 Å². The number of hydrogen-bond acceptors (Lipinski definition) is 2. The number of carboxylic acids is 1. The Morgan fingerprint density at radius 2 is 2.18 bits per heavy atom. The van der Waals surface area contributed by atoms with E-state index in [0.717, 1.165) is 22.5 Å². The summed E-state index contributed by atoms with van der Waals surface area (Å²) >= 11 is 0. The maximum Gasteiger partial charge on any atom is 0.303 e. The van der Waals surface area contributed by atoms with Crippen LogP contribution >= 0.6 is 0 Å². The molecule has 1 aromatic heterocycles. The summed E-state index contributed by atoms with van der Waals surface area (Å²) in [5.41, 5.74) is 3.91. The van der Waals surface area contributed by atoms with Crippen molar-refractivity contribution in [1.82, 2.24) is 9.97 Å². The molecule has 88 valence electrons. The SMILES string of the molecule is Cc1[nH]cnc1-c1ccccc1CCC(=O)O. The van der Waals surface area contributed by atoms with Crippen LogP contribution < -0.4 is 0 Å². The number of benzene rings is 1. The Bertz CT molecular complexity index is 532. The van der Waals surface area contributed by atoms with Crippen LogP contribution in [0, 0.1) is 6.92 Å². The van der Waals surface area contributed by atoms with Crippen molar-refractivity contribution in [3.63, 3.8) is 0 Å². The molecular weight excluding hydrogens is 216 g/mol. The fourth-order valence-corrected chi connectivity index (χ4v) is 1.84. The van der Waals surface area contributed by atoms with E-state index in [9.17, 15) is 4.79 Å². The molecule has 0 spiro atoms. The highest BCUT2D eigenvalue weighted by Crippen LogP contribution is 2.24. The number of rotatable bonds is 4. The molecule has 0 saturated heterocycles. The first-order valence-corrected chi connectivity index (χ1v) is 5.48. The van der Waals surface area contributed by atoms with E-state index in [1.54, 1.807) is 6.33 Å². The number of carbonyl (C=O) groups is 1. The van der Waals surface area contributed by atoms with E-state index in [1.165, 1.54) is 0 Å². The smallest absolute Gasteiger partial charge is 0.303 e. The summed E-state index contributed by atoms with van der Waals surface area (Å²) in [4.78, 5) is 17.9. The molecule has 0 fully saturated rings. The zero-order valence-corrected chi connectivity index (χ0v) is 9.60. The number of aromatic amines is 1. The number of aryl methyl sites for hydroxylation is 2. The molecule has 0 unspecified atom stereocenters. The van der Waals surface area contributed by atoms with Gasteiger partial charge in [-0.15, -0.1) is 0 Å². The van der Waals surface area contributed by atoms with Crippen molar-refractivity contribution in [2.24, 2.45) is 0 Å². The molecule has 0 aliphatic rings. The van der Waals surface area contributed by atoms with E-state index < -0.39 is 5.97 Å². The molecule has 0 bridgehead atoms. The molecule has 4 heteroatoms. The second-order valence-corrected chi connectivity index (χ2v) is 3.93. The van der Waals surface area contributed by atoms with E-state index in [0.29, 0.717) is 6.42 Å². The first-order chi connectivity index (χ1) is 8.18. The molecule has 2 rings (SSSR count). The Morgan fingerprint density at radius 1 is 1.41 bits per heavy atom. The number of nitrogens with zero attached hydrogens (tertiary/aromatic N) is 1. The molecule has 0 atom stereocenters. The minimum atomic E-state index is -0.779. The number of carboxylic acid groups (broad SMARTS) is 1. The molecular formula is C13H14N2O2. The highest BCUT2D eigenvalue weighted by atomic mass is 16.4. The third kappa shape index (κ3) is 2.53. The summed E-state index contributed by atoms with van der Waals surface area (Å²) in [5, 5.41) is 8.73. The van der Waals surface area contributed by atoms with Gasteiger partial charge in [0.25, 0.3) is 0 Å². The van der Waals surface area contributed by atoms with E-state index >= 15 is 0 Å². The Labute approximate surface area is 99.3 Å². The van der Waals surface area contributed by atoms with Crippen LogP contribution in [0.4, 0.5) is 0 Å². The maximum absolute atomic E-state index is 10.6. The first kappa shape index (κ1) is 11.4. The zero-order valence-electron chi connectivity index (χ0n) is 9.60. The van der Waals surface area contributed by atoms with Crippen LogP contribution in [0.15, 0.2) is 30.6 Å². The van der Waals surface area contributed by atoms with Crippen molar-refractivity contribution >= 4 is 5.97 Å². The number of aliphatic carboxylic acids is 1. The summed E-state index contributed by atoms with van der Waals surface area (Å²) in [7, 11) is 0. The lowest BCUT2D eigenvalue weighted by Crippen LogP contribution is -1.99. The van der Waals surface area contributed by atoms with Gasteiger partial charge in [-0.2, -0.15) is 0 Å². The van der Waals surface area contributed by atoms with Crippen LogP contribution in [-0.4, -0.2) is 21.0 Å². The van der Waals surface area contributed by atoms with Gasteiger partial charge in [0.05, 0.1) is 12.0 Å². The van der Waals surface area contributed by atoms with Gasteiger partial charge >= 0.3 is 5.97 Å². The molecule has 0 radical (unpaired) electrons. The van der Waals surface area contributed by atoms with Gasteiger partial charge in [0, 0.05) is 17.7 Å². The van der Waals surface area contributed by atoms with E-state index in [2.05, 4.69) is 9.97 Å². The Balaban J connectivity index is 2.34. The van der Waals surface area contributed by atoms with E-state index in [-0.39, 0.29) is 6.42 Å². The third-order valence-electron chi connectivity index (χ3n) is 2.71. The molecule has 1 aromatic carbocycles. The van der Waals surface area contributed by atoms with Crippen molar-refractivity contribution in [1.29, 1.82) is 0 Å². The molecule has 2 aromatic rings. The maximum atomic E-state index is 10.6. The number of hydrogen-bond donors (Lipinski definition) is 2. The predicted molar refractivity (Wildman–Crippen MR) is 64.7 cm³/mol. The second kappa shape index (κ2) is 4.82. The molecule has 0 aliphatic carbocycles. The fourth-order valence-electron chi connectivity index (χ4n) is 1.84. The Hall–Kier alpha value is -2.10. The molecule has 0 aliphatic heterocycles. The lowest BCUT2D eigenvalue weighted by atomic mass is 9.99. The summed E-state index contributed by atoms with van der Waals surface area (Å²) in [6.45, 7) is 1.95. The Morgan fingerprint density at radius 3 is 2.82 bits per heavy atom. The second-order valence-electron chi connectivity index (χ2n) is 3.93. The minimum absolute atomic E-state index is 0.139. The number of H-pyrrole nitrogens is 1. The van der Waals surface area contributed by atoms with Gasteiger partial charge in [0.2, 0.25) is 0 Å². The largest absolute Gasteiger partial charge is 0.481 e. The van der Waals surface area contributed by atoms with Gasteiger partial charge in [-0.25, -0.2) is 4.98 Å². The average Bonchev–Trinajstić information content (AvgIpc) is 2.73. The van der Waals surface area contributed by atoms with E-state index in [4.69, 9.17) is 5.11 Å². The summed E-state index contributed by atoms with van der Waals surface area (Å²) in [6, 6.07) is 7.78. The predicted octanol–water partition coefficient (Wildman–Crippen LogP) is 2.40. The van der Waals surface area contributed by atoms with Gasteiger partial charge < -0.3 is 10.1 Å². The zero-order chi connectivity index (χ0) is 12.3. The standard InChI is InChI=1S/C13H14N2O2/c1-9-13(15-8-14-9)11-5-3-2-4-10(11)6-7-12(16)17/h2-5,8H,6-7H2,1H3,(H,14,15)(H,16,17). The van der Waals surface area contributed by atoms with Crippen LogP contribution in [0.2, 0.25) is 0 Å². The van der Waals surface area contributed by atoms with E-state index in [1.807, 2.05) is 31.2 Å². The first-order valence-electron chi connectivity index (χ1n) is 5.48. The summed E-state index contributed by atoms with van der Waals surface area (Å²) in [5.74, 6) is -0.779. The van der Waals surface area contributed by atoms with Crippen molar-refractivity contribution in [3.8, 4) is 11.3 Å². The average molecular weight is 230 g/mol. The summed E-state index contributed by atoms with van der Waals surface area (Å²) in [6.07, 6.45) is 2.32. The van der Waals surface area contributed by atoms with Gasteiger partial charge in [0.15, 0.2) is 0 Å². The lowest BCUT2D eigenvalue weighted by molar-refractivity contribution is -0.136. The van der Waals surface area contributed by atoms with Crippen molar-refractivity contribution in [3.05, 3.63) is 41.9 Å². The van der Waals surface area contributed by atoms with Crippen LogP contribution in [0.25, 0.3) is 11.3 Å². The minimum Gasteiger partial charge on any atom is -0.481 e. The van der Waals surface area contributed by atoms with Gasteiger partial charge in [-0.05, 0) is 18.9 Å². The number of nitrogens with one attached hydrogen (secondary N) is 1. The van der Waals surface area contributed by atoms with Crippen LogP contribution in [-0.2, 0) is 11.2 Å². The summed E-state index contributed by atoms with van der Waals surface area (Å²) < 4.78 is 0. The number of aromatic nitrogens is 2. The van der Waals surface area contributed by atoms with Crippen molar-refractivity contribution in [2.75, 3.05) is 0 Å². The van der Waals surface area contributed by atoms with Gasteiger partial charge in [0.1, 0.15) is 0 Å². The van der Waals surface area contributed by atoms with Crippen LogP contribution in [0.1, 0.15) is 17.7 Å². The van der Waals surface area contributed by atoms with Crippen molar-refractivity contribution in [2.45, 2.75) is 19.8 Å². The highest BCUT2D eigenvalue weighted by Gasteiger charge is 2.10. The van der Waals surface area contributed by atoms with Gasteiger partial charge in [-0.1, -0.05) is 24.3 Å². The highest BCUT2D eigenvalue weighted by molar-refractivity contribution is 5.69. The monoisotopic (exact) mass is 230 g/mol. The molecule has 4 nitrogen and oxygen atoms in total. The molecule has 17 heavy (non-hydrogen) atoms.